The van der Waals surface area contributed by atoms with Crippen LogP contribution in [0.15, 0.2) is 24.3 Å². The van der Waals surface area contributed by atoms with Gasteiger partial charge in [-0.05, 0) is 31.0 Å². The second-order valence-electron chi connectivity index (χ2n) is 3.96. The Kier molecular flexibility index (Phi) is 5.22. The van der Waals surface area contributed by atoms with Crippen LogP contribution in [-0.4, -0.2) is 23.9 Å². The van der Waals surface area contributed by atoms with Crippen molar-refractivity contribution in [2.24, 2.45) is 0 Å². The Labute approximate surface area is 103 Å². The molecule has 1 rings (SSSR count). The molecule has 3 heteroatoms. The van der Waals surface area contributed by atoms with Gasteiger partial charge in [0.05, 0.1) is 18.1 Å². The Hall–Kier alpha value is -1.82. The lowest BCUT2D eigenvalue weighted by Gasteiger charge is -2.20. The van der Waals surface area contributed by atoms with Crippen molar-refractivity contribution < 1.29 is 4.79 Å². The maximum absolute atomic E-state index is 11.9. The lowest BCUT2D eigenvalue weighted by atomic mass is 10.1. The lowest BCUT2D eigenvalue weighted by molar-refractivity contribution is -0.130. The van der Waals surface area contributed by atoms with Gasteiger partial charge in [0.25, 0.3) is 0 Å². The second-order valence-corrected chi connectivity index (χ2v) is 3.96. The van der Waals surface area contributed by atoms with Crippen molar-refractivity contribution in [3.05, 3.63) is 35.4 Å². The summed E-state index contributed by atoms with van der Waals surface area (Å²) in [6, 6.07) is 9.25. The van der Waals surface area contributed by atoms with Gasteiger partial charge < -0.3 is 4.90 Å². The molecule has 0 aliphatic carbocycles. The Morgan fingerprint density at radius 1 is 1.29 bits per heavy atom. The van der Waals surface area contributed by atoms with Gasteiger partial charge in [-0.2, -0.15) is 5.26 Å². The van der Waals surface area contributed by atoms with Crippen molar-refractivity contribution in [1.82, 2.24) is 4.90 Å². The zero-order chi connectivity index (χ0) is 12.7. The summed E-state index contributed by atoms with van der Waals surface area (Å²) >= 11 is 0. The molecule has 0 unspecified atom stereocenters. The molecule has 90 valence electrons. The molecule has 0 saturated heterocycles. The van der Waals surface area contributed by atoms with Gasteiger partial charge in [0, 0.05) is 13.1 Å². The molecule has 0 radical (unpaired) electrons. The van der Waals surface area contributed by atoms with Crippen molar-refractivity contribution in [3.63, 3.8) is 0 Å². The minimum atomic E-state index is 0.152. The van der Waals surface area contributed by atoms with Gasteiger partial charge in [0.1, 0.15) is 0 Å². The standard InChI is InChI=1S/C14H18N2O/c1-3-9-16(4-2)14(17)10-12-5-7-13(11-15)8-6-12/h5-8H,3-4,9-10H2,1-2H3. The summed E-state index contributed by atoms with van der Waals surface area (Å²) in [5, 5.41) is 8.68. The normalized spacial score (nSPS) is 9.71. The molecule has 0 fully saturated rings. The van der Waals surface area contributed by atoms with Crippen LogP contribution in [0.25, 0.3) is 0 Å². The molecule has 1 aromatic rings. The summed E-state index contributed by atoms with van der Waals surface area (Å²) in [4.78, 5) is 13.8. The number of benzene rings is 1. The number of hydrogen-bond donors (Lipinski definition) is 0. The summed E-state index contributed by atoms with van der Waals surface area (Å²) in [6.45, 7) is 5.62. The van der Waals surface area contributed by atoms with Crippen LogP contribution < -0.4 is 0 Å². The molecule has 0 aliphatic rings. The largest absolute Gasteiger partial charge is 0.343 e. The lowest BCUT2D eigenvalue weighted by Crippen LogP contribution is -2.32. The summed E-state index contributed by atoms with van der Waals surface area (Å²) in [6.07, 6.45) is 1.40. The van der Waals surface area contributed by atoms with E-state index < -0.39 is 0 Å². The van der Waals surface area contributed by atoms with Crippen molar-refractivity contribution in [1.29, 1.82) is 5.26 Å². The summed E-state index contributed by atoms with van der Waals surface area (Å²) in [5.74, 6) is 0.152. The molecule has 1 amide bonds. The first-order chi connectivity index (χ1) is 8.21. The molecule has 3 nitrogen and oxygen atoms in total. The Morgan fingerprint density at radius 2 is 1.94 bits per heavy atom. The van der Waals surface area contributed by atoms with Crippen molar-refractivity contribution in [2.45, 2.75) is 26.7 Å². The molecule has 17 heavy (non-hydrogen) atoms. The Morgan fingerprint density at radius 3 is 2.41 bits per heavy atom. The third-order valence-electron chi connectivity index (χ3n) is 2.67. The van der Waals surface area contributed by atoms with E-state index in [2.05, 4.69) is 13.0 Å². The van der Waals surface area contributed by atoms with Crippen LogP contribution in [-0.2, 0) is 11.2 Å². The number of carbonyl (C=O) groups excluding carboxylic acids is 1. The average molecular weight is 230 g/mol. The molecule has 0 bridgehead atoms. The molecule has 0 spiro atoms. The highest BCUT2D eigenvalue weighted by molar-refractivity contribution is 5.78. The highest BCUT2D eigenvalue weighted by Crippen LogP contribution is 2.06. The van der Waals surface area contributed by atoms with Crippen LogP contribution >= 0.6 is 0 Å². The number of carbonyl (C=O) groups is 1. The van der Waals surface area contributed by atoms with Crippen LogP contribution in [0, 0.1) is 11.3 Å². The fraction of sp³-hybridized carbons (Fsp3) is 0.429. The smallest absolute Gasteiger partial charge is 0.226 e. The third-order valence-corrected chi connectivity index (χ3v) is 2.67. The van der Waals surface area contributed by atoms with Gasteiger partial charge in [-0.3, -0.25) is 4.79 Å². The number of nitriles is 1. The van der Waals surface area contributed by atoms with E-state index in [4.69, 9.17) is 5.26 Å². The summed E-state index contributed by atoms with van der Waals surface area (Å²) < 4.78 is 0. The quantitative estimate of drug-likeness (QED) is 0.779. The zero-order valence-corrected chi connectivity index (χ0v) is 10.4. The SMILES string of the molecule is CCCN(CC)C(=O)Cc1ccc(C#N)cc1. The molecule has 0 N–H and O–H groups in total. The molecule has 1 aromatic carbocycles. The van der Waals surface area contributed by atoms with E-state index in [1.807, 2.05) is 24.0 Å². The number of likely N-dealkylation sites (N-methyl/N-ethyl adjacent to an activating group) is 1. The number of hydrogen-bond acceptors (Lipinski definition) is 2. The topological polar surface area (TPSA) is 44.1 Å². The van der Waals surface area contributed by atoms with Gasteiger partial charge >= 0.3 is 0 Å². The van der Waals surface area contributed by atoms with Crippen LogP contribution in [0.1, 0.15) is 31.4 Å². The zero-order valence-electron chi connectivity index (χ0n) is 10.4. The maximum Gasteiger partial charge on any atom is 0.226 e. The average Bonchev–Trinajstić information content (AvgIpc) is 2.36. The molecule has 0 aromatic heterocycles. The van der Waals surface area contributed by atoms with Gasteiger partial charge in [-0.1, -0.05) is 19.1 Å². The predicted molar refractivity (Wildman–Crippen MR) is 67.4 cm³/mol. The minimum absolute atomic E-state index is 0.152. The predicted octanol–water partition coefficient (Wildman–Crippen LogP) is 2.36. The highest BCUT2D eigenvalue weighted by Gasteiger charge is 2.10. The monoisotopic (exact) mass is 230 g/mol. The van der Waals surface area contributed by atoms with Gasteiger partial charge in [-0.15, -0.1) is 0 Å². The summed E-state index contributed by atoms with van der Waals surface area (Å²) in [5.41, 5.74) is 1.59. The van der Waals surface area contributed by atoms with E-state index >= 15 is 0 Å². The fourth-order valence-electron chi connectivity index (χ4n) is 1.71. The van der Waals surface area contributed by atoms with Crippen LogP contribution in [0.2, 0.25) is 0 Å². The van der Waals surface area contributed by atoms with Crippen LogP contribution in [0.4, 0.5) is 0 Å². The second kappa shape index (κ2) is 6.70. The molecular weight excluding hydrogens is 212 g/mol. The van der Waals surface area contributed by atoms with Crippen molar-refractivity contribution >= 4 is 5.91 Å². The number of rotatable bonds is 5. The minimum Gasteiger partial charge on any atom is -0.343 e. The van der Waals surface area contributed by atoms with E-state index in [9.17, 15) is 4.79 Å². The molecular formula is C14H18N2O. The van der Waals surface area contributed by atoms with Crippen molar-refractivity contribution in [2.75, 3.05) is 13.1 Å². The number of amides is 1. The van der Waals surface area contributed by atoms with Crippen LogP contribution in [0.3, 0.4) is 0 Å². The van der Waals surface area contributed by atoms with E-state index in [1.54, 1.807) is 12.1 Å². The first-order valence-electron chi connectivity index (χ1n) is 5.98. The molecule has 0 heterocycles. The summed E-state index contributed by atoms with van der Waals surface area (Å²) in [7, 11) is 0. The Bertz CT molecular complexity index is 403. The first kappa shape index (κ1) is 13.2. The van der Waals surface area contributed by atoms with Crippen molar-refractivity contribution in [3.8, 4) is 6.07 Å². The van der Waals surface area contributed by atoms with Crippen LogP contribution in [0.5, 0.6) is 0 Å². The fourth-order valence-corrected chi connectivity index (χ4v) is 1.71. The van der Waals surface area contributed by atoms with Gasteiger partial charge in [-0.25, -0.2) is 0 Å². The maximum atomic E-state index is 11.9. The Balaban J connectivity index is 2.63. The van der Waals surface area contributed by atoms with Gasteiger partial charge in [0.2, 0.25) is 5.91 Å². The number of nitrogens with zero attached hydrogens (tertiary/aromatic N) is 2. The van der Waals surface area contributed by atoms with E-state index in [1.165, 1.54) is 0 Å². The van der Waals surface area contributed by atoms with E-state index in [-0.39, 0.29) is 5.91 Å². The van der Waals surface area contributed by atoms with Gasteiger partial charge in [0.15, 0.2) is 0 Å². The third kappa shape index (κ3) is 3.92. The molecule has 0 atom stereocenters. The van der Waals surface area contributed by atoms with E-state index in [0.29, 0.717) is 12.0 Å². The van der Waals surface area contributed by atoms with E-state index in [0.717, 1.165) is 25.1 Å². The first-order valence-corrected chi connectivity index (χ1v) is 5.98. The highest BCUT2D eigenvalue weighted by atomic mass is 16.2. The molecule has 0 aliphatic heterocycles. The molecule has 0 saturated carbocycles.